The third-order valence-electron chi connectivity index (χ3n) is 9.61. The Morgan fingerprint density at radius 1 is 0.782 bits per heavy atom. The van der Waals surface area contributed by atoms with Crippen molar-refractivity contribution in [3.63, 3.8) is 0 Å². The molecule has 0 atom stereocenters. The number of unbranched alkanes of at least 4 members (excludes halogenated alkanes) is 2. The Bertz CT molecular complexity index is 2240. The van der Waals surface area contributed by atoms with Gasteiger partial charge in [-0.25, -0.2) is 16.8 Å². The number of sulfonamides is 1. The van der Waals surface area contributed by atoms with E-state index in [1.165, 1.54) is 11.1 Å². The summed E-state index contributed by atoms with van der Waals surface area (Å²) in [4.78, 5) is 16.0. The van der Waals surface area contributed by atoms with E-state index in [1.54, 1.807) is 36.4 Å². The van der Waals surface area contributed by atoms with Gasteiger partial charge in [0.25, 0.3) is 0 Å². The highest BCUT2D eigenvalue weighted by atomic mass is 32.2. The number of thiol groups is 1. The molecular weight excluding hydrogens is 733 g/mol. The Kier molecular flexibility index (Phi) is 13.9. The van der Waals surface area contributed by atoms with E-state index in [1.807, 2.05) is 24.3 Å². The Morgan fingerprint density at radius 3 is 1.95 bits per heavy atom. The number of benzene rings is 3. The normalized spacial score (nSPS) is 16.6. The van der Waals surface area contributed by atoms with Crippen molar-refractivity contribution in [3.05, 3.63) is 124 Å². The summed E-state index contributed by atoms with van der Waals surface area (Å²) in [5, 5.41) is 14.0. The number of carbonyl (C=O) groups excluding carboxylic acids is 1. The molecule has 55 heavy (non-hydrogen) atoms. The highest BCUT2D eigenvalue weighted by Gasteiger charge is 2.35. The number of hydrogen-bond acceptors (Lipinski definition) is 7. The number of anilines is 3. The molecule has 0 saturated heterocycles. The van der Waals surface area contributed by atoms with Crippen molar-refractivity contribution >= 4 is 60.7 Å². The van der Waals surface area contributed by atoms with Crippen LogP contribution in [0.4, 0.5) is 22.7 Å². The lowest BCUT2D eigenvalue weighted by molar-refractivity contribution is -0.439. The van der Waals surface area contributed by atoms with Gasteiger partial charge in [-0.2, -0.15) is 4.58 Å². The molecule has 0 radical (unpaired) electrons. The van der Waals surface area contributed by atoms with E-state index in [-0.39, 0.29) is 33.7 Å². The second kappa shape index (κ2) is 18.6. The minimum absolute atomic E-state index is 0.101. The van der Waals surface area contributed by atoms with Crippen molar-refractivity contribution in [2.24, 2.45) is 0 Å². The molecule has 2 N–H and O–H groups in total. The van der Waals surface area contributed by atoms with E-state index in [0.717, 1.165) is 69.0 Å². The zero-order chi connectivity index (χ0) is 39.7. The summed E-state index contributed by atoms with van der Waals surface area (Å²) >= 11 is 0. The molecule has 0 spiro atoms. The van der Waals surface area contributed by atoms with Crippen LogP contribution in [-0.4, -0.2) is 52.3 Å². The van der Waals surface area contributed by atoms with Crippen molar-refractivity contribution in [1.82, 2.24) is 4.72 Å². The van der Waals surface area contributed by atoms with Crippen molar-refractivity contribution in [3.8, 4) is 0 Å². The fourth-order valence-electron chi connectivity index (χ4n) is 6.90. The van der Waals surface area contributed by atoms with Crippen LogP contribution < -0.4 is 19.5 Å². The van der Waals surface area contributed by atoms with Crippen LogP contribution >= 0.6 is 0 Å². The molecule has 0 saturated carbocycles. The predicted molar refractivity (Wildman–Crippen MR) is 222 cm³/mol. The maximum Gasteiger partial charge on any atom is 0.229 e. The molecule has 0 bridgehead atoms. The molecule has 3 aromatic carbocycles. The number of aryl methyl sites for hydroxylation is 2. The molecule has 0 aliphatic heterocycles. The number of nitrogens with one attached hydrogen (secondary N) is 2. The summed E-state index contributed by atoms with van der Waals surface area (Å²) in [6.07, 6.45) is 14.0. The largest absolute Gasteiger partial charge is 0.871 e. The van der Waals surface area contributed by atoms with Gasteiger partial charge in [-0.05, 0) is 73.6 Å². The van der Waals surface area contributed by atoms with E-state index in [4.69, 9.17) is 0 Å². The quantitative estimate of drug-likeness (QED) is 0.0717. The van der Waals surface area contributed by atoms with Crippen molar-refractivity contribution in [2.75, 3.05) is 29.0 Å². The second-order valence-electron chi connectivity index (χ2n) is 14.0. The molecule has 0 aromatic heterocycles. The lowest BCUT2D eigenvalue weighted by atomic mass is 9.79. The average Bonchev–Trinajstić information content (AvgIpc) is 3.15. The maximum atomic E-state index is 14.0. The standard InChI is InChI=1S/C43H52N4O6S2/c1-6-10-12-30-14-18-32(19-15-30)46(26-8-3)34-22-24-36(38(28-34)44-54(50)51)40-42(48)41(43(40)49)37-25-23-35(29-39(37)45-55(5,52)53)47(27-9-4)33-20-16-31(17-21-33)13-11-7-2/h14-25,28-29,54H,6-13,26-27H2,1-5H3,(H2,44,45,48,49,50,51). The van der Waals surface area contributed by atoms with Gasteiger partial charge in [0.2, 0.25) is 32.3 Å². The number of ketones is 1. The third-order valence-corrected chi connectivity index (χ3v) is 10.6. The van der Waals surface area contributed by atoms with Gasteiger partial charge in [0.1, 0.15) is 6.54 Å². The van der Waals surface area contributed by atoms with E-state index in [2.05, 4.69) is 70.9 Å². The number of Topliss-reactive ketones (excluding diaryl/α,β-unsaturated/α-hetero) is 1. The van der Waals surface area contributed by atoms with Crippen LogP contribution in [0.5, 0.6) is 0 Å². The summed E-state index contributed by atoms with van der Waals surface area (Å²) in [5.74, 6) is -1.21. The van der Waals surface area contributed by atoms with Crippen LogP contribution in [0.25, 0.3) is 5.57 Å². The van der Waals surface area contributed by atoms with Gasteiger partial charge in [0.15, 0.2) is 5.78 Å². The summed E-state index contributed by atoms with van der Waals surface area (Å²) in [5.41, 5.74) is 5.88. The van der Waals surface area contributed by atoms with Gasteiger partial charge in [0.05, 0.1) is 17.6 Å². The second-order valence-corrected chi connectivity index (χ2v) is 16.4. The average molecular weight is 785 g/mol. The number of allylic oxidation sites excluding steroid dienone is 5. The van der Waals surface area contributed by atoms with E-state index in [9.17, 15) is 26.7 Å². The fourth-order valence-corrected chi connectivity index (χ4v) is 7.85. The Hall–Kier alpha value is -4.94. The molecule has 0 fully saturated rings. The minimum atomic E-state index is -3.81. The van der Waals surface area contributed by atoms with Gasteiger partial charge in [-0.15, -0.1) is 0 Å². The lowest BCUT2D eigenvalue weighted by Gasteiger charge is -2.34. The third kappa shape index (κ3) is 10.0. The molecule has 0 unspecified atom stereocenters. The first-order valence-corrected chi connectivity index (χ1v) is 22.2. The van der Waals surface area contributed by atoms with Crippen LogP contribution in [0.2, 0.25) is 0 Å². The number of carbonyl (C=O) groups is 1. The molecule has 292 valence electrons. The molecule has 12 heteroatoms. The summed E-state index contributed by atoms with van der Waals surface area (Å²) in [6.45, 7) is 9.71. The first kappa shape index (κ1) is 41.2. The molecule has 0 amide bonds. The molecule has 10 nitrogen and oxygen atoms in total. The van der Waals surface area contributed by atoms with Crippen molar-refractivity contribution < 1.29 is 31.3 Å². The molecule has 5 rings (SSSR count). The van der Waals surface area contributed by atoms with E-state index >= 15 is 0 Å². The minimum Gasteiger partial charge on any atom is -0.871 e. The van der Waals surface area contributed by atoms with Gasteiger partial charge in [-0.1, -0.05) is 76.6 Å². The van der Waals surface area contributed by atoms with Gasteiger partial charge in [0, 0.05) is 70.9 Å². The zero-order valence-electron chi connectivity index (χ0n) is 32.4. The molecule has 2 aliphatic carbocycles. The molecule has 0 heterocycles. The topological polar surface area (TPSA) is 139 Å². The van der Waals surface area contributed by atoms with Crippen LogP contribution in [0, 0.1) is 0 Å². The summed E-state index contributed by atoms with van der Waals surface area (Å²) in [7, 11) is -6.95. The van der Waals surface area contributed by atoms with Crippen LogP contribution in [0.1, 0.15) is 82.9 Å². The van der Waals surface area contributed by atoms with E-state index < -0.39 is 32.5 Å². The van der Waals surface area contributed by atoms with Crippen molar-refractivity contribution in [1.29, 1.82) is 0 Å². The van der Waals surface area contributed by atoms with Crippen molar-refractivity contribution in [2.45, 2.75) is 79.1 Å². The maximum absolute atomic E-state index is 14.0. The van der Waals surface area contributed by atoms with Crippen LogP contribution in [-0.2, 0) is 38.5 Å². The van der Waals surface area contributed by atoms with Gasteiger partial charge >= 0.3 is 0 Å². The fraction of sp³-hybridized carbons (Fsp3) is 0.349. The first-order valence-electron chi connectivity index (χ1n) is 19.1. The van der Waals surface area contributed by atoms with Gasteiger partial charge < -0.3 is 10.0 Å². The predicted octanol–water partition coefficient (Wildman–Crippen LogP) is 7.01. The molecule has 3 aromatic rings. The highest BCUT2D eigenvalue weighted by molar-refractivity contribution is 7.92. The SMILES string of the molecule is CCCCc1ccc(N(CCC)c2ccc(C3=C([O-])/C(=C4C=C/C(=[N+](\CCC)c5ccc(CCCC)cc5)C=C/4N[SH](=O)=O)C3=O)c(NS(C)(=O)=O)c2)cc1. The van der Waals surface area contributed by atoms with E-state index in [0.29, 0.717) is 24.5 Å². The Labute approximate surface area is 327 Å². The Balaban J connectivity index is 1.56. The van der Waals surface area contributed by atoms with Crippen LogP contribution in [0.3, 0.4) is 0 Å². The summed E-state index contributed by atoms with van der Waals surface area (Å²) in [6, 6.07) is 21.6. The highest BCUT2D eigenvalue weighted by Crippen LogP contribution is 2.43. The molecule has 2 aliphatic rings. The number of nitrogens with zero attached hydrogens (tertiary/aromatic N) is 2. The molecular formula is C43H52N4O6S2. The smallest absolute Gasteiger partial charge is 0.229 e. The van der Waals surface area contributed by atoms with Gasteiger partial charge in [-0.3, -0.25) is 14.2 Å². The zero-order valence-corrected chi connectivity index (χ0v) is 34.1. The Morgan fingerprint density at radius 2 is 1.40 bits per heavy atom. The monoisotopic (exact) mass is 784 g/mol. The first-order chi connectivity index (χ1) is 26.4. The van der Waals surface area contributed by atoms with Crippen LogP contribution in [0.15, 0.2) is 108 Å². The number of rotatable bonds is 18. The summed E-state index contributed by atoms with van der Waals surface area (Å²) < 4.78 is 56.3. The lowest BCUT2D eigenvalue weighted by Crippen LogP contribution is -2.33. The number of hydrogen-bond donors (Lipinski definition) is 3.